The van der Waals surface area contributed by atoms with Crippen LogP contribution in [0.5, 0.6) is 23.0 Å². The Morgan fingerprint density at radius 3 is 2.28 bits per heavy atom. The molecule has 2 fully saturated rings. The maximum Gasteiger partial charge on any atom is 0.166 e. The summed E-state index contributed by atoms with van der Waals surface area (Å²) in [5, 5.41) is 21.6. The quantitative estimate of drug-likeness (QED) is 0.482. The monoisotopic (exact) mass is 626 g/mol. The van der Waals surface area contributed by atoms with Crippen LogP contribution in [0.3, 0.4) is 0 Å². The first kappa shape index (κ1) is 29.1. The van der Waals surface area contributed by atoms with Gasteiger partial charge in [-0.25, -0.2) is 0 Å². The number of hydrogen-bond acceptors (Lipinski definition) is 8. The molecule has 4 heterocycles. The minimum absolute atomic E-state index is 0.0124. The molecule has 4 aliphatic heterocycles. The van der Waals surface area contributed by atoms with Crippen molar-refractivity contribution in [1.29, 1.82) is 0 Å². The number of likely N-dealkylation sites (N-methyl/N-ethyl adjacent to an activating group) is 2. The largest absolute Gasteiger partial charge is 0.504 e. The minimum atomic E-state index is -1.07. The third-order valence-corrected chi connectivity index (χ3v) is 13.9. The van der Waals surface area contributed by atoms with Crippen molar-refractivity contribution in [1.82, 2.24) is 9.80 Å². The van der Waals surface area contributed by atoms with Gasteiger partial charge in [0, 0.05) is 47.6 Å². The first-order chi connectivity index (χ1) is 22.0. The maximum atomic E-state index is 11.2. The zero-order valence-electron chi connectivity index (χ0n) is 27.7. The number of methoxy groups -OCH3 is 2. The van der Waals surface area contributed by atoms with Crippen LogP contribution in [0, 0.1) is 11.8 Å². The molecule has 8 heteroatoms. The molecule has 0 amide bonds. The van der Waals surface area contributed by atoms with Gasteiger partial charge in [-0.15, -0.1) is 0 Å². The van der Waals surface area contributed by atoms with E-state index in [1.54, 1.807) is 20.3 Å². The zero-order valence-corrected chi connectivity index (χ0v) is 27.7. The van der Waals surface area contributed by atoms with Gasteiger partial charge in [0.05, 0.1) is 12.5 Å². The lowest BCUT2D eigenvalue weighted by Gasteiger charge is -2.62. The average molecular weight is 627 g/mol. The zero-order chi connectivity index (χ0) is 32.0. The summed E-state index contributed by atoms with van der Waals surface area (Å²) in [5.74, 6) is 3.43. The highest BCUT2D eigenvalue weighted by molar-refractivity contribution is 5.64. The molecule has 8 nitrogen and oxygen atoms in total. The molecule has 8 aliphatic rings. The molecule has 0 saturated carbocycles. The number of nitrogens with zero attached hydrogens (tertiary/aromatic N) is 2. The van der Waals surface area contributed by atoms with E-state index < -0.39 is 11.2 Å². The molecule has 0 radical (unpaired) electrons. The molecule has 4 bridgehead atoms. The molecule has 46 heavy (non-hydrogen) atoms. The highest BCUT2D eigenvalue weighted by Gasteiger charge is 2.73. The van der Waals surface area contributed by atoms with Crippen LogP contribution in [0.1, 0.15) is 48.9 Å². The normalized spacial score (nSPS) is 43.1. The van der Waals surface area contributed by atoms with Gasteiger partial charge in [0.15, 0.2) is 23.0 Å². The van der Waals surface area contributed by atoms with Crippen molar-refractivity contribution in [3.05, 3.63) is 70.8 Å². The van der Waals surface area contributed by atoms with Crippen LogP contribution in [0.25, 0.3) is 0 Å². The second-order valence-electron chi connectivity index (χ2n) is 15.4. The van der Waals surface area contributed by atoms with E-state index in [4.69, 9.17) is 18.9 Å². The van der Waals surface area contributed by atoms with Crippen LogP contribution in [-0.2, 0) is 28.4 Å². The summed E-state index contributed by atoms with van der Waals surface area (Å²) in [6.45, 7) is 5.96. The summed E-state index contributed by atoms with van der Waals surface area (Å²) >= 11 is 0. The van der Waals surface area contributed by atoms with Crippen molar-refractivity contribution in [2.75, 3.05) is 41.4 Å². The summed E-state index contributed by atoms with van der Waals surface area (Å²) in [7, 11) is 7.96. The van der Waals surface area contributed by atoms with Crippen molar-refractivity contribution in [2.45, 2.75) is 85.9 Å². The topological polar surface area (TPSA) is 83.9 Å². The molecule has 2 aromatic rings. The van der Waals surface area contributed by atoms with Crippen molar-refractivity contribution in [3.8, 4) is 23.0 Å². The highest BCUT2D eigenvalue weighted by atomic mass is 16.6. The fourth-order valence-corrected chi connectivity index (χ4v) is 11.4. The first-order valence-corrected chi connectivity index (χ1v) is 17.0. The fraction of sp³-hybridized carbons (Fsp3) is 0.579. The fourth-order valence-electron chi connectivity index (χ4n) is 11.4. The van der Waals surface area contributed by atoms with E-state index in [1.165, 1.54) is 16.7 Å². The van der Waals surface area contributed by atoms with Gasteiger partial charge >= 0.3 is 0 Å². The molecule has 4 aliphatic carbocycles. The van der Waals surface area contributed by atoms with Crippen LogP contribution >= 0.6 is 0 Å². The Morgan fingerprint density at radius 1 is 0.848 bits per heavy atom. The number of aromatic hydroxyl groups is 1. The number of likely N-dealkylation sites (tertiary alicyclic amines) is 2. The Bertz CT molecular complexity index is 1700. The van der Waals surface area contributed by atoms with E-state index >= 15 is 0 Å². The molecule has 10 atom stereocenters. The molecule has 2 saturated heterocycles. The number of phenolic OH excluding ortho intramolecular Hbond substituents is 1. The lowest BCUT2D eigenvalue weighted by atomic mass is 9.47. The number of benzene rings is 2. The molecule has 2 aromatic carbocycles. The minimum Gasteiger partial charge on any atom is -0.504 e. The van der Waals surface area contributed by atoms with Crippen LogP contribution in [0.2, 0.25) is 0 Å². The van der Waals surface area contributed by atoms with E-state index in [2.05, 4.69) is 54.3 Å². The number of ether oxygens (including phenoxy) is 4. The summed E-state index contributed by atoms with van der Waals surface area (Å²) in [6, 6.07) is 9.06. The molecule has 2 spiro atoms. The summed E-state index contributed by atoms with van der Waals surface area (Å²) in [6.07, 6.45) is 12.9. The Morgan fingerprint density at radius 2 is 1.54 bits per heavy atom. The summed E-state index contributed by atoms with van der Waals surface area (Å²) in [5.41, 5.74) is 3.22. The van der Waals surface area contributed by atoms with Crippen LogP contribution in [0.15, 0.2) is 48.6 Å². The van der Waals surface area contributed by atoms with Gasteiger partial charge in [-0.05, 0) is 90.0 Å². The third-order valence-electron chi connectivity index (χ3n) is 13.9. The number of hydrogen-bond donors (Lipinski definition) is 2. The predicted octanol–water partition coefficient (Wildman–Crippen LogP) is 4.13. The van der Waals surface area contributed by atoms with Crippen LogP contribution < -0.4 is 14.2 Å². The van der Waals surface area contributed by atoms with Crippen LogP contribution in [0.4, 0.5) is 0 Å². The Kier molecular flexibility index (Phi) is 5.89. The third kappa shape index (κ3) is 3.20. The lowest BCUT2D eigenvalue weighted by Crippen LogP contribution is -2.73. The van der Waals surface area contributed by atoms with Gasteiger partial charge in [-0.1, -0.05) is 36.4 Å². The smallest absolute Gasteiger partial charge is 0.166 e. The standard InChI is InChI=1S/2C19H23NO3/c1-20-9-8-19-12-5-7-15(22-3)18(19)23-17-14(21-2)6-4-11(16(17)19)10-13(12)20;1-17(22)7-6-12-13-10-11-4-5-14(21)16-15(11)19(12,8-9-20(13)3)18(17,2)23-16/h4-7,12-13,15,18H,8-10H2,1-3H3;4-7,12-13,21-22H,8-10H2,1-3H3/t12-,13+,15-,18-,19-;12-,13+,17-,18-,19-/m00/s1. The number of aliphatic hydroxyl groups is 1. The maximum absolute atomic E-state index is 11.2. The molecular formula is C38H46N2O6. The van der Waals surface area contributed by atoms with Gasteiger partial charge in [-0.2, -0.15) is 0 Å². The second kappa shape index (κ2) is 9.31. The summed E-state index contributed by atoms with van der Waals surface area (Å²) in [4.78, 5) is 4.96. The van der Waals surface area contributed by atoms with E-state index in [9.17, 15) is 10.2 Å². The van der Waals surface area contributed by atoms with Gasteiger partial charge in [0.2, 0.25) is 0 Å². The molecule has 0 unspecified atom stereocenters. The van der Waals surface area contributed by atoms with Crippen LogP contribution in [-0.4, -0.2) is 96.9 Å². The van der Waals surface area contributed by atoms with E-state index in [-0.39, 0.29) is 28.8 Å². The number of rotatable bonds is 2. The number of piperidine rings is 2. The van der Waals surface area contributed by atoms with E-state index in [0.29, 0.717) is 29.7 Å². The highest BCUT2D eigenvalue weighted by Crippen LogP contribution is 2.68. The van der Waals surface area contributed by atoms with Gasteiger partial charge in [0.1, 0.15) is 23.4 Å². The Hall–Kier alpha value is -3.04. The predicted molar refractivity (Wildman–Crippen MR) is 174 cm³/mol. The Labute approximate surface area is 271 Å². The van der Waals surface area contributed by atoms with Crippen molar-refractivity contribution < 1.29 is 29.2 Å². The van der Waals surface area contributed by atoms with E-state index in [1.807, 2.05) is 26.0 Å². The molecule has 0 aromatic heterocycles. The van der Waals surface area contributed by atoms with Gasteiger partial charge < -0.3 is 39.0 Å². The Balaban J connectivity index is 0.000000127. The van der Waals surface area contributed by atoms with Gasteiger partial charge in [0.25, 0.3) is 0 Å². The molecular weight excluding hydrogens is 580 g/mol. The molecule has 10 rings (SSSR count). The van der Waals surface area contributed by atoms with Crippen molar-refractivity contribution in [2.24, 2.45) is 11.8 Å². The lowest BCUT2D eigenvalue weighted by molar-refractivity contribution is -0.154. The number of phenols is 1. The van der Waals surface area contributed by atoms with E-state index in [0.717, 1.165) is 55.8 Å². The second-order valence-corrected chi connectivity index (χ2v) is 15.4. The average Bonchev–Trinajstić information content (AvgIpc) is 3.54. The molecule has 244 valence electrons. The van der Waals surface area contributed by atoms with Crippen molar-refractivity contribution >= 4 is 0 Å². The van der Waals surface area contributed by atoms with Crippen molar-refractivity contribution in [3.63, 3.8) is 0 Å². The SMILES string of the molecule is CN1CC[C@]23c4c5ccc(O)c4O[C@@]2(C)[C@@](C)(O)C=C[C@H]3[C@H]1C5.COc1ccc2c3c1O[C@H]1[C@@H](OC)C=C[C@H]4[C@@H](C2)N(C)CC[C@@]341. The van der Waals surface area contributed by atoms with Gasteiger partial charge in [-0.3, -0.25) is 0 Å². The summed E-state index contributed by atoms with van der Waals surface area (Å²) < 4.78 is 24.3. The first-order valence-electron chi connectivity index (χ1n) is 17.0. The molecule has 2 N–H and O–H groups in total.